The van der Waals surface area contributed by atoms with Crippen molar-refractivity contribution in [2.24, 2.45) is 0 Å². The average molecular weight is 654 g/mol. The van der Waals surface area contributed by atoms with E-state index in [4.69, 9.17) is 9.15 Å². The van der Waals surface area contributed by atoms with Gasteiger partial charge in [-0.3, -0.25) is 0 Å². The smallest absolute Gasteiger partial charge is 0.152 e. The molecule has 0 saturated heterocycles. The van der Waals surface area contributed by atoms with Crippen LogP contribution in [0.5, 0.6) is 11.5 Å². The quantitative estimate of drug-likeness (QED) is 0.185. The second-order valence-corrected chi connectivity index (χ2v) is 13.0. The van der Waals surface area contributed by atoms with Gasteiger partial charge < -0.3 is 14.1 Å². The Labute approximate surface area is 296 Å². The summed E-state index contributed by atoms with van der Waals surface area (Å²) in [6.07, 6.45) is 0. The van der Waals surface area contributed by atoms with E-state index < -0.39 is 0 Å². The summed E-state index contributed by atoms with van der Waals surface area (Å²) in [5.74, 6) is 1.67. The number of anilines is 3. The van der Waals surface area contributed by atoms with Crippen LogP contribution in [0.15, 0.2) is 192 Å². The predicted octanol–water partition coefficient (Wildman–Crippen LogP) is 13.8. The van der Waals surface area contributed by atoms with Crippen molar-refractivity contribution in [3.63, 3.8) is 0 Å². The largest absolute Gasteiger partial charge is 0.456 e. The molecule has 0 fully saturated rings. The van der Waals surface area contributed by atoms with Gasteiger partial charge in [0.15, 0.2) is 11.5 Å². The molecule has 240 valence electrons. The van der Waals surface area contributed by atoms with E-state index in [9.17, 15) is 0 Å². The molecular formula is C48H31NO2. The Balaban J connectivity index is 0.941. The first-order chi connectivity index (χ1) is 25.2. The number of hydrogen-bond donors (Lipinski definition) is 0. The number of hydrogen-bond acceptors (Lipinski definition) is 3. The van der Waals surface area contributed by atoms with E-state index in [1.54, 1.807) is 0 Å². The summed E-state index contributed by atoms with van der Waals surface area (Å²) >= 11 is 0. The summed E-state index contributed by atoms with van der Waals surface area (Å²) < 4.78 is 12.6. The van der Waals surface area contributed by atoms with Gasteiger partial charge in [0.2, 0.25) is 0 Å². The summed E-state index contributed by atoms with van der Waals surface area (Å²) in [5.41, 5.74) is 14.3. The standard InChI is InChI=1S/C48H31NO2/c1-2-8-32(9-3-1)33-14-20-37(21-15-33)39-24-28-44-48(31-39)51-47-13-7-5-11-43(47)49(44)40-26-22-35(23-27-40)34-16-18-36(19-17-34)38-25-29-46-42(30-38)41-10-4-6-12-45(41)50-46/h1-31H. The molecule has 9 aromatic rings. The molecule has 51 heavy (non-hydrogen) atoms. The molecule has 1 aliphatic rings. The predicted molar refractivity (Wildman–Crippen MR) is 210 cm³/mol. The minimum atomic E-state index is 0.833. The highest BCUT2D eigenvalue weighted by atomic mass is 16.5. The molecule has 0 N–H and O–H groups in total. The first-order valence-corrected chi connectivity index (χ1v) is 17.2. The van der Waals surface area contributed by atoms with Crippen LogP contribution in [0.4, 0.5) is 17.1 Å². The molecule has 2 heterocycles. The molecule has 0 atom stereocenters. The van der Waals surface area contributed by atoms with Crippen LogP contribution in [-0.4, -0.2) is 0 Å². The molecule has 0 unspecified atom stereocenters. The first kappa shape index (κ1) is 29.1. The van der Waals surface area contributed by atoms with Crippen molar-refractivity contribution in [3.05, 3.63) is 188 Å². The van der Waals surface area contributed by atoms with Crippen molar-refractivity contribution in [1.82, 2.24) is 0 Å². The van der Waals surface area contributed by atoms with Crippen molar-refractivity contribution in [2.45, 2.75) is 0 Å². The zero-order valence-corrected chi connectivity index (χ0v) is 27.7. The topological polar surface area (TPSA) is 25.6 Å². The fourth-order valence-electron chi connectivity index (χ4n) is 7.26. The SMILES string of the molecule is c1ccc(-c2ccc(-c3ccc4c(c3)Oc3ccccc3N4c3ccc(-c4ccc(-c5ccc6oc7ccccc7c6c5)cc4)cc3)cc2)cc1. The highest BCUT2D eigenvalue weighted by Crippen LogP contribution is 2.51. The van der Waals surface area contributed by atoms with Crippen molar-refractivity contribution in [3.8, 4) is 56.0 Å². The van der Waals surface area contributed by atoms with E-state index in [2.05, 4.69) is 163 Å². The molecule has 8 aromatic carbocycles. The van der Waals surface area contributed by atoms with Crippen molar-refractivity contribution < 1.29 is 9.15 Å². The maximum absolute atomic E-state index is 6.52. The molecule has 0 spiro atoms. The third kappa shape index (κ3) is 5.15. The van der Waals surface area contributed by atoms with E-state index in [0.717, 1.165) is 67.2 Å². The molecule has 0 radical (unpaired) electrons. The monoisotopic (exact) mass is 653 g/mol. The minimum absolute atomic E-state index is 0.833. The lowest BCUT2D eigenvalue weighted by Gasteiger charge is -2.33. The minimum Gasteiger partial charge on any atom is -0.456 e. The number of benzene rings is 8. The van der Waals surface area contributed by atoms with Crippen LogP contribution in [0.1, 0.15) is 0 Å². The Hall–Kier alpha value is -6.84. The summed E-state index contributed by atoms with van der Waals surface area (Å²) in [7, 11) is 0. The zero-order chi connectivity index (χ0) is 33.7. The Morgan fingerprint density at radius 1 is 0.314 bits per heavy atom. The number of ether oxygens (including phenoxy) is 1. The van der Waals surface area contributed by atoms with Crippen LogP contribution in [0, 0.1) is 0 Å². The van der Waals surface area contributed by atoms with E-state index >= 15 is 0 Å². The van der Waals surface area contributed by atoms with Gasteiger partial charge >= 0.3 is 0 Å². The highest BCUT2D eigenvalue weighted by molar-refractivity contribution is 6.06. The molecule has 0 aliphatic carbocycles. The van der Waals surface area contributed by atoms with E-state index in [1.165, 1.54) is 27.8 Å². The maximum atomic E-state index is 6.52. The van der Waals surface area contributed by atoms with Gasteiger partial charge in [-0.1, -0.05) is 133 Å². The van der Waals surface area contributed by atoms with Gasteiger partial charge in [0.1, 0.15) is 11.2 Å². The highest BCUT2D eigenvalue weighted by Gasteiger charge is 2.26. The van der Waals surface area contributed by atoms with Gasteiger partial charge in [0, 0.05) is 16.5 Å². The Kier molecular flexibility index (Phi) is 6.81. The van der Waals surface area contributed by atoms with Gasteiger partial charge in [-0.15, -0.1) is 0 Å². The molecule has 0 bridgehead atoms. The molecule has 3 nitrogen and oxygen atoms in total. The summed E-state index contributed by atoms with van der Waals surface area (Å²) in [4.78, 5) is 2.29. The van der Waals surface area contributed by atoms with Gasteiger partial charge in [-0.05, 0) is 99.1 Å². The van der Waals surface area contributed by atoms with E-state index in [-0.39, 0.29) is 0 Å². The fourth-order valence-corrected chi connectivity index (χ4v) is 7.26. The number of para-hydroxylation sites is 3. The van der Waals surface area contributed by atoms with Crippen LogP contribution in [-0.2, 0) is 0 Å². The van der Waals surface area contributed by atoms with Crippen LogP contribution < -0.4 is 9.64 Å². The van der Waals surface area contributed by atoms with Gasteiger partial charge in [0.05, 0.1) is 11.4 Å². The van der Waals surface area contributed by atoms with Crippen molar-refractivity contribution >= 4 is 39.0 Å². The molecule has 3 heteroatoms. The van der Waals surface area contributed by atoms with Crippen molar-refractivity contribution in [1.29, 1.82) is 0 Å². The van der Waals surface area contributed by atoms with Gasteiger partial charge in [-0.2, -0.15) is 0 Å². The van der Waals surface area contributed by atoms with Gasteiger partial charge in [-0.25, -0.2) is 0 Å². The lowest BCUT2D eigenvalue weighted by Crippen LogP contribution is -2.15. The fraction of sp³-hybridized carbons (Fsp3) is 0. The van der Waals surface area contributed by atoms with Gasteiger partial charge in [0.25, 0.3) is 0 Å². The average Bonchev–Trinajstić information content (AvgIpc) is 3.58. The van der Waals surface area contributed by atoms with Crippen LogP contribution in [0.25, 0.3) is 66.4 Å². The maximum Gasteiger partial charge on any atom is 0.152 e. The summed E-state index contributed by atoms with van der Waals surface area (Å²) in [6, 6.07) is 66.2. The van der Waals surface area contributed by atoms with E-state index in [0.29, 0.717) is 0 Å². The molecule has 0 amide bonds. The molecule has 1 aliphatic heterocycles. The third-order valence-electron chi connectivity index (χ3n) is 9.91. The number of rotatable bonds is 5. The molecule has 0 saturated carbocycles. The second-order valence-electron chi connectivity index (χ2n) is 13.0. The number of nitrogens with zero attached hydrogens (tertiary/aromatic N) is 1. The molecular weight excluding hydrogens is 623 g/mol. The summed E-state index contributed by atoms with van der Waals surface area (Å²) in [6.45, 7) is 0. The lowest BCUT2D eigenvalue weighted by atomic mass is 9.98. The molecule has 1 aromatic heterocycles. The van der Waals surface area contributed by atoms with Crippen LogP contribution in [0.3, 0.4) is 0 Å². The Morgan fingerprint density at radius 2 is 0.804 bits per heavy atom. The van der Waals surface area contributed by atoms with Crippen molar-refractivity contribution in [2.75, 3.05) is 4.90 Å². The third-order valence-corrected chi connectivity index (χ3v) is 9.91. The van der Waals surface area contributed by atoms with Crippen LogP contribution >= 0.6 is 0 Å². The number of furan rings is 1. The van der Waals surface area contributed by atoms with Crippen LogP contribution in [0.2, 0.25) is 0 Å². The zero-order valence-electron chi connectivity index (χ0n) is 27.7. The second kappa shape index (κ2) is 11.9. The lowest BCUT2D eigenvalue weighted by molar-refractivity contribution is 0.477. The molecule has 10 rings (SSSR count). The normalized spacial score (nSPS) is 12.0. The van der Waals surface area contributed by atoms with E-state index in [1.807, 2.05) is 30.3 Å². The first-order valence-electron chi connectivity index (χ1n) is 17.2. The Bertz CT molecular complexity index is 2690. The summed E-state index contributed by atoms with van der Waals surface area (Å²) in [5, 5.41) is 2.29. The number of fused-ring (bicyclic) bond motifs is 5. The Morgan fingerprint density at radius 3 is 1.53 bits per heavy atom.